The highest BCUT2D eigenvalue weighted by Crippen LogP contribution is 2.29. The van der Waals surface area contributed by atoms with E-state index in [-0.39, 0.29) is 6.04 Å². The van der Waals surface area contributed by atoms with Crippen LogP contribution in [0.5, 0.6) is 0 Å². The highest BCUT2D eigenvalue weighted by atomic mass is 79.9. The van der Waals surface area contributed by atoms with Gasteiger partial charge in [0.2, 0.25) is 0 Å². The summed E-state index contributed by atoms with van der Waals surface area (Å²) >= 11 is 3.42. The lowest BCUT2D eigenvalue weighted by molar-refractivity contribution is 0.664. The molecule has 2 nitrogen and oxygen atoms in total. The molecule has 3 N–H and O–H groups in total. The maximum absolute atomic E-state index is 5.37. The van der Waals surface area contributed by atoms with Crippen molar-refractivity contribution in [3.63, 3.8) is 0 Å². The summed E-state index contributed by atoms with van der Waals surface area (Å²) < 4.78 is 1.10. The molecule has 0 aromatic heterocycles. The number of hydrogen-bond acceptors (Lipinski definition) is 2. The van der Waals surface area contributed by atoms with Gasteiger partial charge in [0.15, 0.2) is 0 Å². The Kier molecular flexibility index (Phi) is 2.00. The van der Waals surface area contributed by atoms with Gasteiger partial charge in [-0.05, 0) is 23.3 Å². The first kappa shape index (κ1) is 7.98. The number of nitrogens with one attached hydrogen (secondary N) is 1. The molecule has 0 fully saturated rings. The molecule has 3 heteroatoms. The van der Waals surface area contributed by atoms with Gasteiger partial charge in [-0.2, -0.15) is 0 Å². The summed E-state index contributed by atoms with van der Waals surface area (Å²) in [5.41, 5.74) is 5.20. The summed E-state index contributed by atoms with van der Waals surface area (Å²) in [4.78, 5) is 0. The summed E-state index contributed by atoms with van der Waals surface area (Å²) in [7, 11) is 0. The molecule has 1 aromatic rings. The molecule has 1 aromatic carbocycles. The Hall–Kier alpha value is -0.640. The van der Waals surface area contributed by atoms with Crippen molar-refractivity contribution < 1.29 is 0 Å². The van der Waals surface area contributed by atoms with Gasteiger partial charge >= 0.3 is 0 Å². The van der Waals surface area contributed by atoms with E-state index in [1.165, 1.54) is 11.1 Å². The van der Waals surface area contributed by atoms with E-state index in [9.17, 15) is 0 Å². The van der Waals surface area contributed by atoms with Gasteiger partial charge in [0.25, 0.3) is 0 Å². The van der Waals surface area contributed by atoms with Crippen molar-refractivity contribution in [2.24, 2.45) is 5.84 Å². The van der Waals surface area contributed by atoms with E-state index in [2.05, 4.69) is 45.6 Å². The van der Waals surface area contributed by atoms with Crippen molar-refractivity contribution in [3.8, 4) is 0 Å². The van der Waals surface area contributed by atoms with Crippen molar-refractivity contribution in [1.82, 2.24) is 5.43 Å². The molecule has 0 saturated heterocycles. The fraction of sp³-hybridized carbons (Fsp3) is 0.111. The number of benzene rings is 1. The fourth-order valence-corrected chi connectivity index (χ4v) is 1.80. The van der Waals surface area contributed by atoms with Crippen molar-refractivity contribution in [3.05, 3.63) is 39.9 Å². The van der Waals surface area contributed by atoms with Crippen molar-refractivity contribution in [2.75, 3.05) is 0 Å². The van der Waals surface area contributed by atoms with Crippen molar-refractivity contribution in [1.29, 1.82) is 0 Å². The van der Waals surface area contributed by atoms with Crippen LogP contribution in [0.15, 0.2) is 28.7 Å². The van der Waals surface area contributed by atoms with E-state index in [0.29, 0.717) is 0 Å². The third-order valence-corrected chi connectivity index (χ3v) is 2.52. The minimum atomic E-state index is 0.174. The molecule has 0 radical (unpaired) electrons. The number of hydrazine groups is 1. The lowest BCUT2D eigenvalue weighted by Crippen LogP contribution is -2.25. The topological polar surface area (TPSA) is 38.0 Å². The van der Waals surface area contributed by atoms with Crippen molar-refractivity contribution in [2.45, 2.75) is 6.04 Å². The van der Waals surface area contributed by atoms with Crippen LogP contribution in [0.4, 0.5) is 0 Å². The van der Waals surface area contributed by atoms with E-state index in [4.69, 9.17) is 5.84 Å². The maximum Gasteiger partial charge on any atom is 0.0649 e. The second-order valence-corrected chi connectivity index (χ2v) is 3.69. The van der Waals surface area contributed by atoms with Crippen LogP contribution in [0.1, 0.15) is 17.2 Å². The molecule has 0 amide bonds. The molecule has 2 rings (SSSR count). The average Bonchev–Trinajstić information content (AvgIpc) is 2.46. The highest BCUT2D eigenvalue weighted by Gasteiger charge is 2.14. The molecule has 1 aliphatic carbocycles. The molecule has 0 heterocycles. The largest absolute Gasteiger partial charge is 0.271 e. The minimum Gasteiger partial charge on any atom is -0.271 e. The van der Waals surface area contributed by atoms with Crippen LogP contribution < -0.4 is 11.3 Å². The zero-order chi connectivity index (χ0) is 8.55. The van der Waals surface area contributed by atoms with Gasteiger partial charge in [0.1, 0.15) is 0 Å². The summed E-state index contributed by atoms with van der Waals surface area (Å²) in [6.45, 7) is 0. The Morgan fingerprint density at radius 2 is 2.25 bits per heavy atom. The number of nitrogens with two attached hydrogens (primary N) is 1. The summed E-state index contributed by atoms with van der Waals surface area (Å²) in [6, 6.07) is 6.36. The van der Waals surface area contributed by atoms with Crippen LogP contribution in [0.25, 0.3) is 6.08 Å². The molecule has 1 unspecified atom stereocenters. The second-order valence-electron chi connectivity index (χ2n) is 2.78. The monoisotopic (exact) mass is 224 g/mol. The molecule has 62 valence electrons. The van der Waals surface area contributed by atoms with Crippen LogP contribution >= 0.6 is 15.9 Å². The molecule has 0 bridgehead atoms. The fourth-order valence-electron chi connectivity index (χ4n) is 1.42. The van der Waals surface area contributed by atoms with Gasteiger partial charge in [-0.1, -0.05) is 34.1 Å². The third kappa shape index (κ3) is 1.20. The molecular weight excluding hydrogens is 216 g/mol. The Morgan fingerprint density at radius 1 is 1.42 bits per heavy atom. The lowest BCUT2D eigenvalue weighted by atomic mass is 10.1. The van der Waals surface area contributed by atoms with Crippen LogP contribution in [0, 0.1) is 0 Å². The lowest BCUT2D eigenvalue weighted by Gasteiger charge is -2.08. The van der Waals surface area contributed by atoms with Crippen LogP contribution in [-0.4, -0.2) is 0 Å². The van der Waals surface area contributed by atoms with Gasteiger partial charge in [0.05, 0.1) is 6.04 Å². The molecule has 0 spiro atoms. The maximum atomic E-state index is 5.37. The molecule has 1 atom stereocenters. The Balaban J connectivity index is 2.47. The average molecular weight is 225 g/mol. The smallest absolute Gasteiger partial charge is 0.0649 e. The van der Waals surface area contributed by atoms with E-state index >= 15 is 0 Å². The summed E-state index contributed by atoms with van der Waals surface area (Å²) in [5.74, 6) is 5.37. The SMILES string of the molecule is NNC1C=Cc2cc(Br)ccc21. The standard InChI is InChI=1S/C9H9BrN2/c10-7-2-3-8-6(5-7)1-4-9(8)12-11/h1-5,9,12H,11H2. The predicted octanol–water partition coefficient (Wildman–Crippen LogP) is 1.98. The molecule has 1 aliphatic rings. The van der Waals surface area contributed by atoms with Crippen LogP contribution in [0.2, 0.25) is 0 Å². The third-order valence-electron chi connectivity index (χ3n) is 2.03. The molecule has 0 saturated carbocycles. The second kappa shape index (κ2) is 3.01. The van der Waals surface area contributed by atoms with Crippen LogP contribution in [-0.2, 0) is 0 Å². The van der Waals surface area contributed by atoms with E-state index < -0.39 is 0 Å². The number of rotatable bonds is 1. The Bertz CT molecular complexity index is 333. The van der Waals surface area contributed by atoms with Gasteiger partial charge in [-0.25, -0.2) is 5.43 Å². The molecular formula is C9H9BrN2. The Morgan fingerprint density at radius 3 is 3.00 bits per heavy atom. The zero-order valence-electron chi connectivity index (χ0n) is 6.42. The Labute approximate surface area is 79.6 Å². The first-order valence-electron chi connectivity index (χ1n) is 3.75. The normalized spacial score (nSPS) is 19.7. The number of fused-ring (bicyclic) bond motifs is 1. The number of halogens is 1. The quantitative estimate of drug-likeness (QED) is 0.566. The van der Waals surface area contributed by atoms with Gasteiger partial charge < -0.3 is 0 Å². The van der Waals surface area contributed by atoms with E-state index in [1.807, 2.05) is 6.07 Å². The molecule has 0 aliphatic heterocycles. The first-order valence-corrected chi connectivity index (χ1v) is 4.54. The zero-order valence-corrected chi connectivity index (χ0v) is 8.01. The molecule has 12 heavy (non-hydrogen) atoms. The van der Waals surface area contributed by atoms with E-state index in [1.54, 1.807) is 0 Å². The van der Waals surface area contributed by atoms with E-state index in [0.717, 1.165) is 4.47 Å². The van der Waals surface area contributed by atoms with Crippen LogP contribution in [0.3, 0.4) is 0 Å². The van der Waals surface area contributed by atoms with Gasteiger partial charge in [-0.15, -0.1) is 0 Å². The highest BCUT2D eigenvalue weighted by molar-refractivity contribution is 9.10. The van der Waals surface area contributed by atoms with Crippen molar-refractivity contribution >= 4 is 22.0 Å². The first-order chi connectivity index (χ1) is 5.81. The van der Waals surface area contributed by atoms with Gasteiger partial charge in [-0.3, -0.25) is 5.84 Å². The summed E-state index contributed by atoms with van der Waals surface area (Å²) in [6.07, 6.45) is 4.13. The summed E-state index contributed by atoms with van der Waals surface area (Å²) in [5, 5.41) is 0. The minimum absolute atomic E-state index is 0.174. The number of hydrogen-bond donors (Lipinski definition) is 2. The predicted molar refractivity (Wildman–Crippen MR) is 53.2 cm³/mol. The van der Waals surface area contributed by atoms with Gasteiger partial charge in [0, 0.05) is 4.47 Å².